The molecule has 0 amide bonds. The summed E-state index contributed by atoms with van der Waals surface area (Å²) >= 11 is 0. The van der Waals surface area contributed by atoms with Crippen molar-refractivity contribution in [1.29, 1.82) is 0 Å². The first-order chi connectivity index (χ1) is 16.2. The lowest BCUT2D eigenvalue weighted by atomic mass is 9.81. The van der Waals surface area contributed by atoms with Crippen LogP contribution in [0.1, 0.15) is 29.5 Å². The first kappa shape index (κ1) is 24.3. The minimum atomic E-state index is -0.232. The van der Waals surface area contributed by atoms with Gasteiger partial charge in [0.2, 0.25) is 0 Å². The third-order valence-electron chi connectivity index (χ3n) is 6.21. The maximum Gasteiger partial charge on any atom is 0.136 e. The van der Waals surface area contributed by atoms with Crippen molar-refractivity contribution >= 4 is 5.76 Å². The molecule has 4 nitrogen and oxygen atoms in total. The number of rotatable bonds is 6. The van der Waals surface area contributed by atoms with Crippen LogP contribution in [-0.2, 0) is 4.74 Å². The second-order valence-electron chi connectivity index (χ2n) is 8.32. The number of fused-ring (bicyclic) bond motifs is 1. The molecule has 1 atom stereocenters. The van der Waals surface area contributed by atoms with Crippen molar-refractivity contribution in [2.75, 3.05) is 39.5 Å². The molecule has 178 valence electrons. The Hall–Kier alpha value is -2.86. The van der Waals surface area contributed by atoms with Crippen LogP contribution in [0.15, 0.2) is 78.4 Å². The summed E-state index contributed by atoms with van der Waals surface area (Å²) < 4.78 is 31.6. The third-order valence-corrected chi connectivity index (χ3v) is 6.21. The highest BCUT2D eigenvalue weighted by molar-refractivity contribution is 5.73. The number of ether oxygens (including phenoxy) is 3. The summed E-state index contributed by atoms with van der Waals surface area (Å²) in [7, 11) is 0. The standard InChI is InChI=1S/C28H28FNO3.ClH/c1-2-32-23-13-9-21(10-14-23)28-25(19-30-15-17-31-18-16-30)27(20-7-11-22(29)12-8-20)24-5-3-4-6-26(24)33-28;/h3-14,27H,2,15-19H2,1H3;1H/p-1. The lowest BCUT2D eigenvalue weighted by Crippen LogP contribution is -3.00. The molecule has 3 aromatic carbocycles. The van der Waals surface area contributed by atoms with Crippen molar-refractivity contribution in [1.82, 2.24) is 4.90 Å². The van der Waals surface area contributed by atoms with Crippen LogP contribution in [-0.4, -0.2) is 44.4 Å². The van der Waals surface area contributed by atoms with Gasteiger partial charge in [-0.1, -0.05) is 30.3 Å². The van der Waals surface area contributed by atoms with Crippen LogP contribution < -0.4 is 21.9 Å². The molecule has 1 fully saturated rings. The van der Waals surface area contributed by atoms with Crippen molar-refractivity contribution in [3.63, 3.8) is 0 Å². The monoisotopic (exact) mass is 480 g/mol. The quantitative estimate of drug-likeness (QED) is 0.542. The van der Waals surface area contributed by atoms with Crippen LogP contribution in [0.4, 0.5) is 4.39 Å². The molecule has 2 heterocycles. The van der Waals surface area contributed by atoms with Crippen molar-refractivity contribution in [2.45, 2.75) is 12.8 Å². The summed E-state index contributed by atoms with van der Waals surface area (Å²) in [5.41, 5.74) is 4.33. The van der Waals surface area contributed by atoms with Crippen molar-refractivity contribution < 1.29 is 31.0 Å². The fourth-order valence-electron chi connectivity index (χ4n) is 4.62. The highest BCUT2D eigenvalue weighted by atomic mass is 35.5. The summed E-state index contributed by atoms with van der Waals surface area (Å²) in [4.78, 5) is 2.40. The van der Waals surface area contributed by atoms with Gasteiger partial charge in [0.05, 0.1) is 19.8 Å². The second kappa shape index (κ2) is 11.0. The summed E-state index contributed by atoms with van der Waals surface area (Å²) in [6.45, 7) is 6.55. The number of benzene rings is 3. The second-order valence-corrected chi connectivity index (χ2v) is 8.32. The number of nitrogens with zero attached hydrogens (tertiary/aromatic N) is 1. The number of hydrogen-bond acceptors (Lipinski definition) is 4. The molecule has 0 saturated carbocycles. The maximum atomic E-state index is 13.8. The normalized spacial score (nSPS) is 18.0. The van der Waals surface area contributed by atoms with Crippen molar-refractivity contribution in [3.05, 3.63) is 101 Å². The molecule has 2 aliphatic rings. The minimum Gasteiger partial charge on any atom is -1.00 e. The molecule has 0 aromatic heterocycles. The van der Waals surface area contributed by atoms with Crippen molar-refractivity contribution in [3.8, 4) is 11.5 Å². The molecule has 5 rings (SSSR count). The Kier molecular flexibility index (Phi) is 7.88. The highest BCUT2D eigenvalue weighted by Crippen LogP contribution is 2.46. The van der Waals surface area contributed by atoms with Gasteiger partial charge in [0.15, 0.2) is 0 Å². The van der Waals surface area contributed by atoms with E-state index in [0.29, 0.717) is 6.61 Å². The van der Waals surface area contributed by atoms with Crippen LogP contribution in [0.3, 0.4) is 0 Å². The molecule has 0 aliphatic carbocycles. The smallest absolute Gasteiger partial charge is 0.136 e. The van der Waals surface area contributed by atoms with E-state index in [1.54, 1.807) is 0 Å². The Morgan fingerprint density at radius 3 is 2.35 bits per heavy atom. The van der Waals surface area contributed by atoms with Crippen LogP contribution in [0.25, 0.3) is 5.76 Å². The first-order valence-electron chi connectivity index (χ1n) is 11.5. The van der Waals surface area contributed by atoms with E-state index in [2.05, 4.69) is 23.1 Å². The fraction of sp³-hybridized carbons (Fsp3) is 0.286. The van der Waals surface area contributed by atoms with Crippen molar-refractivity contribution in [2.24, 2.45) is 0 Å². The number of para-hydroxylation sites is 1. The van der Waals surface area contributed by atoms with Crippen LogP contribution in [0.5, 0.6) is 11.5 Å². The van der Waals surface area contributed by atoms with Gasteiger partial charge in [-0.25, -0.2) is 4.39 Å². The molecule has 0 spiro atoms. The Bertz CT molecular complexity index is 1130. The fourth-order valence-corrected chi connectivity index (χ4v) is 4.62. The van der Waals surface area contributed by atoms with Gasteiger partial charge in [-0.05, 0) is 60.5 Å². The molecule has 1 saturated heterocycles. The van der Waals surface area contributed by atoms with Gasteiger partial charge in [-0.2, -0.15) is 0 Å². The van der Waals surface area contributed by atoms with E-state index >= 15 is 0 Å². The van der Waals surface area contributed by atoms with Crippen LogP contribution >= 0.6 is 0 Å². The summed E-state index contributed by atoms with van der Waals surface area (Å²) in [5, 5.41) is 0. The van der Waals surface area contributed by atoms with Gasteiger partial charge < -0.3 is 26.6 Å². The molecular weight excluding hydrogens is 453 g/mol. The summed E-state index contributed by atoms with van der Waals surface area (Å²) in [6.07, 6.45) is 0. The van der Waals surface area contributed by atoms with E-state index in [1.165, 1.54) is 17.7 Å². The summed E-state index contributed by atoms with van der Waals surface area (Å²) in [6, 6.07) is 23.1. The third kappa shape index (κ3) is 5.12. The Morgan fingerprint density at radius 2 is 1.65 bits per heavy atom. The van der Waals surface area contributed by atoms with Gasteiger partial charge in [-0.15, -0.1) is 0 Å². The van der Waals surface area contributed by atoms with E-state index < -0.39 is 0 Å². The predicted molar refractivity (Wildman–Crippen MR) is 127 cm³/mol. The molecule has 0 radical (unpaired) electrons. The Morgan fingerprint density at radius 1 is 0.941 bits per heavy atom. The van der Waals surface area contributed by atoms with Gasteiger partial charge in [0, 0.05) is 36.7 Å². The Balaban J connectivity index is 0.00000274. The van der Waals surface area contributed by atoms with Gasteiger partial charge in [0.1, 0.15) is 23.1 Å². The van der Waals surface area contributed by atoms with E-state index in [1.807, 2.05) is 49.4 Å². The molecule has 0 N–H and O–H groups in total. The average molecular weight is 481 g/mol. The Labute approximate surface area is 206 Å². The molecule has 0 bridgehead atoms. The number of morpholine rings is 1. The van der Waals surface area contributed by atoms with E-state index in [9.17, 15) is 4.39 Å². The number of halogens is 2. The molecule has 34 heavy (non-hydrogen) atoms. The zero-order valence-electron chi connectivity index (χ0n) is 19.2. The average Bonchev–Trinajstić information content (AvgIpc) is 2.86. The zero-order valence-corrected chi connectivity index (χ0v) is 19.9. The highest BCUT2D eigenvalue weighted by Gasteiger charge is 2.33. The van der Waals surface area contributed by atoms with Gasteiger partial charge in [0.25, 0.3) is 0 Å². The minimum absolute atomic E-state index is 0. The van der Waals surface area contributed by atoms with Gasteiger partial charge in [-0.3, -0.25) is 4.90 Å². The molecular formula is C28H28ClFNO3-. The predicted octanol–water partition coefficient (Wildman–Crippen LogP) is 2.50. The van der Waals surface area contributed by atoms with E-state index in [4.69, 9.17) is 14.2 Å². The van der Waals surface area contributed by atoms with Crippen LogP contribution in [0, 0.1) is 5.82 Å². The molecule has 6 heteroatoms. The maximum absolute atomic E-state index is 13.8. The largest absolute Gasteiger partial charge is 1.00 e. The lowest BCUT2D eigenvalue weighted by Gasteiger charge is -2.35. The SMILES string of the molecule is CCOc1ccc(C2=C(CN3CCOCC3)C(c3ccc(F)cc3)c3ccccc3O2)cc1.[Cl-]. The summed E-state index contributed by atoms with van der Waals surface area (Å²) in [5.74, 6) is 2.27. The topological polar surface area (TPSA) is 30.9 Å². The first-order valence-corrected chi connectivity index (χ1v) is 11.5. The van der Waals surface area contributed by atoms with E-state index in [-0.39, 0.29) is 24.1 Å². The van der Waals surface area contributed by atoms with E-state index in [0.717, 1.165) is 66.8 Å². The van der Waals surface area contributed by atoms with Gasteiger partial charge >= 0.3 is 0 Å². The molecule has 1 unspecified atom stereocenters. The van der Waals surface area contributed by atoms with Crippen LogP contribution in [0.2, 0.25) is 0 Å². The lowest BCUT2D eigenvalue weighted by molar-refractivity contribution is -0.00000962. The molecule has 3 aromatic rings. The zero-order chi connectivity index (χ0) is 22.6. The molecule has 2 aliphatic heterocycles. The number of hydrogen-bond donors (Lipinski definition) is 0.